The molecule has 140 valence electrons. The molecular weight excluding hydrogens is 352 g/mol. The van der Waals surface area contributed by atoms with E-state index in [0.717, 1.165) is 12.1 Å². The summed E-state index contributed by atoms with van der Waals surface area (Å²) in [4.78, 5) is 23.3. The van der Waals surface area contributed by atoms with Gasteiger partial charge in [-0.3, -0.25) is 14.9 Å². The molecule has 0 fully saturated rings. The number of nitro groups is 1. The van der Waals surface area contributed by atoms with Gasteiger partial charge in [0, 0.05) is 33.1 Å². The predicted molar refractivity (Wildman–Crippen MR) is 98.0 cm³/mol. The van der Waals surface area contributed by atoms with Crippen molar-refractivity contribution in [3.8, 4) is 11.5 Å². The Bertz CT molecular complexity index is 1200. The van der Waals surface area contributed by atoms with Crippen molar-refractivity contribution in [3.63, 3.8) is 0 Å². The van der Waals surface area contributed by atoms with Crippen molar-refractivity contribution in [1.82, 2.24) is 4.90 Å². The third-order valence-electron chi connectivity index (χ3n) is 3.74. The molecule has 3 rings (SSSR count). The molecule has 2 aromatic carbocycles. The second-order valence-electron chi connectivity index (χ2n) is 5.71. The topological polar surface area (TPSA) is 106 Å². The molecule has 3 aromatic rings. The normalized spacial score (nSPS) is 16.2. The number of nitrogens with zero attached hydrogens (tertiary/aromatic N) is 2. The lowest BCUT2D eigenvalue weighted by Crippen LogP contribution is -2.21. The van der Waals surface area contributed by atoms with Crippen LogP contribution >= 0.6 is 0 Å². The van der Waals surface area contributed by atoms with Crippen molar-refractivity contribution in [2.24, 2.45) is 0 Å². The number of fused-ring (bicyclic) bond motifs is 1. The van der Waals surface area contributed by atoms with Gasteiger partial charge in [-0.25, -0.2) is 0 Å². The fourth-order valence-electron chi connectivity index (χ4n) is 2.45. The van der Waals surface area contributed by atoms with Gasteiger partial charge in [0.25, 0.3) is 5.91 Å². The third-order valence-corrected chi connectivity index (χ3v) is 3.74. The Morgan fingerprint density at radius 1 is 1.33 bits per heavy atom. The minimum Gasteiger partial charge on any atom is -0.458 e. The van der Waals surface area contributed by atoms with Crippen molar-refractivity contribution in [2.45, 2.75) is 13.0 Å². The lowest BCUT2D eigenvalue weighted by atomic mass is 10.2. The Kier molecular flexibility index (Phi) is 3.17. The molecule has 0 radical (unpaired) electrons. The van der Waals surface area contributed by atoms with E-state index in [1.54, 1.807) is 0 Å². The first-order chi connectivity index (χ1) is 15.2. The van der Waals surface area contributed by atoms with Crippen molar-refractivity contribution in [3.05, 3.63) is 63.9 Å². The summed E-state index contributed by atoms with van der Waals surface area (Å²) in [7, 11) is 0. The molecule has 1 aromatic heterocycles. The van der Waals surface area contributed by atoms with Crippen molar-refractivity contribution < 1.29 is 32.2 Å². The summed E-state index contributed by atoms with van der Waals surface area (Å²) in [5.74, 6) is -1.38. The number of carbonyl (C=O) groups is 1. The molecule has 0 aliphatic heterocycles. The van der Waals surface area contributed by atoms with E-state index in [4.69, 9.17) is 17.4 Å². The summed E-state index contributed by atoms with van der Waals surface area (Å²) < 4.78 is 55.3. The average molecular weight is 376 g/mol. The van der Waals surface area contributed by atoms with Gasteiger partial charge in [0.2, 0.25) is 5.75 Å². The first-order valence-electron chi connectivity index (χ1n) is 10.7. The minimum absolute atomic E-state index is 0.0708. The monoisotopic (exact) mass is 376 g/mol. The number of nitro benzene ring substituents is 1. The average Bonchev–Trinajstić information content (AvgIpc) is 3.08. The summed E-state index contributed by atoms with van der Waals surface area (Å²) >= 11 is 0. The number of benzene rings is 2. The fraction of sp³-hybridized carbons (Fsp3) is 0.211. The smallest absolute Gasteiger partial charge is 0.315 e. The van der Waals surface area contributed by atoms with Crippen LogP contribution in [-0.2, 0) is 0 Å². The zero-order valence-electron chi connectivity index (χ0n) is 20.0. The van der Waals surface area contributed by atoms with Crippen LogP contribution in [0, 0.1) is 10.1 Å². The van der Waals surface area contributed by atoms with E-state index < -0.39 is 36.6 Å². The molecule has 1 N–H and O–H groups in total. The molecule has 0 bridgehead atoms. The van der Waals surface area contributed by atoms with Crippen LogP contribution in [0.15, 0.2) is 46.9 Å². The van der Waals surface area contributed by atoms with E-state index in [2.05, 4.69) is 0 Å². The summed E-state index contributed by atoms with van der Waals surface area (Å²) in [6.07, 6.45) is -0.942. The molecule has 1 atom stereocenters. The maximum atomic E-state index is 12.7. The van der Waals surface area contributed by atoms with Crippen LogP contribution in [0.25, 0.3) is 11.0 Å². The number of carbonyl (C=O) groups excluding carboxylic acids is 1. The number of hydrogen-bond acceptors (Lipinski definition) is 6. The van der Waals surface area contributed by atoms with Gasteiger partial charge in [-0.15, -0.1) is 0 Å². The first-order valence-corrected chi connectivity index (χ1v) is 7.71. The number of ether oxygens (including phenoxy) is 1. The Hall–Kier alpha value is -3.39. The van der Waals surface area contributed by atoms with E-state index in [1.165, 1.54) is 37.3 Å². The predicted octanol–water partition coefficient (Wildman–Crippen LogP) is 3.89. The number of rotatable bonds is 5. The second kappa shape index (κ2) is 7.08. The highest BCUT2D eigenvalue weighted by Gasteiger charge is 2.21. The SMILES string of the molecule is [2H]C([2H])([2H])N(C(=O)c1cccc(Oc2cc3cc(C(C)O)oc3cc2[N+](=O)[O-])c1)C([2H])([2H])[2H]. The maximum absolute atomic E-state index is 12.7. The fourth-order valence-corrected chi connectivity index (χ4v) is 2.45. The highest BCUT2D eigenvalue weighted by atomic mass is 16.6. The molecule has 8 heteroatoms. The lowest BCUT2D eigenvalue weighted by Gasteiger charge is -2.12. The zero-order chi connectivity index (χ0) is 24.7. The minimum atomic E-state index is -3.23. The van der Waals surface area contributed by atoms with E-state index in [1.807, 2.05) is 0 Å². The molecule has 0 aliphatic rings. The molecule has 1 heterocycles. The highest BCUT2D eigenvalue weighted by molar-refractivity contribution is 5.94. The number of furan rings is 1. The van der Waals surface area contributed by atoms with Gasteiger partial charge in [0.1, 0.15) is 23.2 Å². The van der Waals surface area contributed by atoms with E-state index in [0.29, 0.717) is 5.39 Å². The van der Waals surface area contributed by atoms with E-state index >= 15 is 0 Å². The number of amides is 1. The van der Waals surface area contributed by atoms with Gasteiger partial charge >= 0.3 is 5.69 Å². The van der Waals surface area contributed by atoms with Crippen LogP contribution in [-0.4, -0.2) is 34.8 Å². The van der Waals surface area contributed by atoms with Crippen LogP contribution in [0.1, 0.15) is 37.4 Å². The summed E-state index contributed by atoms with van der Waals surface area (Å²) in [6.45, 7) is -4.99. The van der Waals surface area contributed by atoms with Crippen LogP contribution in [0.5, 0.6) is 11.5 Å². The molecule has 0 saturated heterocycles. The molecule has 0 saturated carbocycles. The highest BCUT2D eigenvalue weighted by Crippen LogP contribution is 2.37. The van der Waals surface area contributed by atoms with E-state index in [9.17, 15) is 20.0 Å². The number of aliphatic hydroxyl groups is 1. The van der Waals surface area contributed by atoms with Gasteiger partial charge in [-0.1, -0.05) is 6.07 Å². The molecule has 0 spiro atoms. The van der Waals surface area contributed by atoms with Crippen LogP contribution in [0.4, 0.5) is 5.69 Å². The van der Waals surface area contributed by atoms with Gasteiger partial charge in [-0.2, -0.15) is 0 Å². The molecular formula is C19H18N2O6. The lowest BCUT2D eigenvalue weighted by molar-refractivity contribution is -0.385. The number of aliphatic hydroxyl groups excluding tert-OH is 1. The maximum Gasteiger partial charge on any atom is 0.315 e. The van der Waals surface area contributed by atoms with Gasteiger partial charge < -0.3 is 19.2 Å². The van der Waals surface area contributed by atoms with Crippen LogP contribution < -0.4 is 4.74 Å². The standard InChI is InChI=1S/C19H18N2O6/c1-11(22)16-8-13-9-18(15(21(24)25)10-17(13)27-16)26-14-6-4-5-12(7-14)19(23)20(2)3/h4-11,22H,1-3H3/i2D3,3D3. The largest absolute Gasteiger partial charge is 0.458 e. The first kappa shape index (κ1) is 12.1. The van der Waals surface area contributed by atoms with Gasteiger partial charge in [0.05, 0.1) is 11.0 Å². The zero-order valence-corrected chi connectivity index (χ0v) is 14.0. The Labute approximate surface area is 163 Å². The summed E-state index contributed by atoms with van der Waals surface area (Å²) in [5.41, 5.74) is -0.611. The second-order valence-corrected chi connectivity index (χ2v) is 5.71. The Morgan fingerprint density at radius 3 is 2.78 bits per heavy atom. The molecule has 1 amide bonds. The van der Waals surface area contributed by atoms with E-state index in [-0.39, 0.29) is 33.3 Å². The van der Waals surface area contributed by atoms with Crippen molar-refractivity contribution in [2.75, 3.05) is 14.0 Å². The molecule has 0 aliphatic carbocycles. The van der Waals surface area contributed by atoms with Gasteiger partial charge in [-0.05, 0) is 37.3 Å². The quantitative estimate of drug-likeness (QED) is 0.535. The summed E-state index contributed by atoms with van der Waals surface area (Å²) in [6, 6.07) is 8.87. The molecule has 1 unspecified atom stereocenters. The van der Waals surface area contributed by atoms with Crippen LogP contribution in [0.3, 0.4) is 0 Å². The summed E-state index contributed by atoms with van der Waals surface area (Å²) in [5, 5.41) is 21.6. The Morgan fingerprint density at radius 2 is 2.11 bits per heavy atom. The molecule has 27 heavy (non-hydrogen) atoms. The van der Waals surface area contributed by atoms with Crippen molar-refractivity contribution >= 4 is 22.6 Å². The van der Waals surface area contributed by atoms with Crippen LogP contribution in [0.2, 0.25) is 0 Å². The Balaban J connectivity index is 2.01. The van der Waals surface area contributed by atoms with Crippen molar-refractivity contribution in [1.29, 1.82) is 0 Å². The third kappa shape index (κ3) is 3.75. The number of hydrogen-bond donors (Lipinski definition) is 1. The molecule has 8 nitrogen and oxygen atoms in total. The van der Waals surface area contributed by atoms with Gasteiger partial charge in [0.15, 0.2) is 0 Å².